The van der Waals surface area contributed by atoms with Crippen LogP contribution in [-0.4, -0.2) is 6.61 Å². The fourth-order valence-corrected chi connectivity index (χ4v) is 3.61. The fourth-order valence-electron chi connectivity index (χ4n) is 2.02. The van der Waals surface area contributed by atoms with Crippen molar-refractivity contribution < 1.29 is 13.6 Å². The van der Waals surface area contributed by atoms with Gasteiger partial charge in [-0.05, 0) is 32.4 Å². The predicted molar refractivity (Wildman–Crippen MR) is 89.0 cm³/mol. The first-order chi connectivity index (χ1) is 10.0. The van der Waals surface area contributed by atoms with E-state index in [0.717, 1.165) is 24.8 Å². The molecule has 0 spiro atoms. The van der Waals surface area contributed by atoms with Gasteiger partial charge in [0.25, 0.3) is 0 Å². The minimum atomic E-state index is -3.30. The molecular formula is C17H27O3P. The van der Waals surface area contributed by atoms with Gasteiger partial charge in [-0.2, -0.15) is 0 Å². The van der Waals surface area contributed by atoms with Crippen molar-refractivity contribution in [3.8, 4) is 0 Å². The van der Waals surface area contributed by atoms with Crippen LogP contribution in [0.4, 0.5) is 0 Å². The maximum absolute atomic E-state index is 12.9. The Labute approximate surface area is 128 Å². The van der Waals surface area contributed by atoms with Crippen LogP contribution < -0.4 is 5.30 Å². The molecule has 0 bridgehead atoms. The van der Waals surface area contributed by atoms with E-state index in [0.29, 0.717) is 17.7 Å². The summed E-state index contributed by atoms with van der Waals surface area (Å²) < 4.78 is 24.0. The minimum Gasteiger partial charge on any atom is -0.426 e. The highest BCUT2D eigenvalue weighted by Gasteiger charge is 2.28. The van der Waals surface area contributed by atoms with Gasteiger partial charge in [-0.3, -0.25) is 4.52 Å². The Morgan fingerprint density at radius 1 is 1.14 bits per heavy atom. The van der Waals surface area contributed by atoms with Gasteiger partial charge in [0.2, 0.25) is 0 Å². The molecule has 1 atom stereocenters. The molecule has 0 aliphatic heterocycles. The molecule has 1 aromatic carbocycles. The van der Waals surface area contributed by atoms with Crippen molar-refractivity contribution >= 4 is 12.9 Å². The number of aryl methyl sites for hydroxylation is 1. The Morgan fingerprint density at radius 2 is 1.81 bits per heavy atom. The van der Waals surface area contributed by atoms with Crippen molar-refractivity contribution in [3.05, 3.63) is 42.2 Å². The summed E-state index contributed by atoms with van der Waals surface area (Å²) in [6, 6.07) is 7.43. The quantitative estimate of drug-likeness (QED) is 0.332. The lowest BCUT2D eigenvalue weighted by atomic mass is 10.1. The SMILES string of the molecule is C=C(CCCCCC)OP(=O)(OCC)c1ccc(C)cc1. The Kier molecular flexibility index (Phi) is 7.77. The zero-order chi connectivity index (χ0) is 15.7. The summed E-state index contributed by atoms with van der Waals surface area (Å²) in [6.45, 7) is 10.2. The van der Waals surface area contributed by atoms with E-state index >= 15 is 0 Å². The van der Waals surface area contributed by atoms with E-state index in [4.69, 9.17) is 9.05 Å². The van der Waals surface area contributed by atoms with Crippen LogP contribution in [0.5, 0.6) is 0 Å². The molecule has 3 nitrogen and oxygen atoms in total. The number of rotatable bonds is 10. The smallest absolute Gasteiger partial charge is 0.410 e. The van der Waals surface area contributed by atoms with Crippen molar-refractivity contribution in [1.29, 1.82) is 0 Å². The van der Waals surface area contributed by atoms with Gasteiger partial charge in [-0.15, -0.1) is 0 Å². The van der Waals surface area contributed by atoms with Crippen LogP contribution in [0.1, 0.15) is 51.5 Å². The van der Waals surface area contributed by atoms with Crippen LogP contribution in [0.25, 0.3) is 0 Å². The summed E-state index contributed by atoms with van der Waals surface area (Å²) in [5.74, 6) is 0.545. The molecule has 0 N–H and O–H groups in total. The molecule has 1 unspecified atom stereocenters. The lowest BCUT2D eigenvalue weighted by molar-refractivity contribution is 0.255. The Morgan fingerprint density at radius 3 is 2.38 bits per heavy atom. The van der Waals surface area contributed by atoms with Gasteiger partial charge >= 0.3 is 7.60 Å². The lowest BCUT2D eigenvalue weighted by Crippen LogP contribution is -2.10. The average Bonchev–Trinajstić information content (AvgIpc) is 2.44. The number of hydrogen-bond donors (Lipinski definition) is 0. The molecule has 0 saturated carbocycles. The molecule has 21 heavy (non-hydrogen) atoms. The Hall–Kier alpha value is -1.05. The normalized spacial score (nSPS) is 13.7. The lowest BCUT2D eigenvalue weighted by Gasteiger charge is -2.20. The highest BCUT2D eigenvalue weighted by molar-refractivity contribution is 7.62. The van der Waals surface area contributed by atoms with E-state index in [1.807, 2.05) is 26.0 Å². The summed E-state index contributed by atoms with van der Waals surface area (Å²) in [5, 5.41) is 0.588. The molecule has 118 valence electrons. The zero-order valence-electron chi connectivity index (χ0n) is 13.4. The van der Waals surface area contributed by atoms with Gasteiger partial charge in [-0.1, -0.05) is 50.5 Å². The third-order valence-corrected chi connectivity index (χ3v) is 5.23. The summed E-state index contributed by atoms with van der Waals surface area (Å²) in [5.41, 5.74) is 1.11. The molecule has 0 aromatic heterocycles. The summed E-state index contributed by atoms with van der Waals surface area (Å²) in [4.78, 5) is 0. The summed E-state index contributed by atoms with van der Waals surface area (Å²) in [6.07, 6.45) is 5.26. The van der Waals surface area contributed by atoms with Crippen molar-refractivity contribution in [2.24, 2.45) is 0 Å². The second-order valence-corrected chi connectivity index (χ2v) is 7.14. The van der Waals surface area contributed by atoms with Crippen LogP contribution in [0, 0.1) is 6.92 Å². The van der Waals surface area contributed by atoms with Gasteiger partial charge in [0.05, 0.1) is 17.7 Å². The van der Waals surface area contributed by atoms with E-state index in [9.17, 15) is 4.57 Å². The molecule has 1 rings (SSSR count). The van der Waals surface area contributed by atoms with E-state index < -0.39 is 7.60 Å². The molecule has 0 radical (unpaired) electrons. The summed E-state index contributed by atoms with van der Waals surface area (Å²) in [7, 11) is -3.30. The highest BCUT2D eigenvalue weighted by Crippen LogP contribution is 2.49. The van der Waals surface area contributed by atoms with Crippen LogP contribution in [0.15, 0.2) is 36.6 Å². The van der Waals surface area contributed by atoms with Crippen molar-refractivity contribution in [3.63, 3.8) is 0 Å². The zero-order valence-corrected chi connectivity index (χ0v) is 14.3. The predicted octanol–water partition coefficient (Wildman–Crippen LogP) is 5.35. The third-order valence-electron chi connectivity index (χ3n) is 3.21. The first-order valence-corrected chi connectivity index (χ1v) is 9.25. The van der Waals surface area contributed by atoms with Gasteiger partial charge in [0.1, 0.15) is 0 Å². The van der Waals surface area contributed by atoms with E-state index in [1.165, 1.54) is 12.8 Å². The monoisotopic (exact) mass is 310 g/mol. The Bertz CT molecular complexity index is 479. The Balaban J connectivity index is 2.69. The maximum atomic E-state index is 12.9. The average molecular weight is 310 g/mol. The summed E-state index contributed by atoms with van der Waals surface area (Å²) >= 11 is 0. The van der Waals surface area contributed by atoms with Crippen LogP contribution in [0.3, 0.4) is 0 Å². The largest absolute Gasteiger partial charge is 0.426 e. The van der Waals surface area contributed by atoms with Crippen molar-refractivity contribution in [1.82, 2.24) is 0 Å². The number of hydrogen-bond acceptors (Lipinski definition) is 3. The van der Waals surface area contributed by atoms with Crippen LogP contribution in [0.2, 0.25) is 0 Å². The molecule has 0 heterocycles. The van der Waals surface area contributed by atoms with Crippen molar-refractivity contribution in [2.75, 3.05) is 6.61 Å². The molecule has 4 heteroatoms. The molecule has 0 aliphatic carbocycles. The van der Waals surface area contributed by atoms with Gasteiger partial charge in [0.15, 0.2) is 0 Å². The molecule has 0 fully saturated rings. The van der Waals surface area contributed by atoms with E-state index in [1.54, 1.807) is 12.1 Å². The van der Waals surface area contributed by atoms with Crippen LogP contribution >= 0.6 is 7.60 Å². The number of benzene rings is 1. The molecule has 0 amide bonds. The first kappa shape index (κ1) is 18.0. The van der Waals surface area contributed by atoms with Crippen molar-refractivity contribution in [2.45, 2.75) is 52.9 Å². The van der Waals surface area contributed by atoms with Gasteiger partial charge in [-0.25, -0.2) is 4.57 Å². The first-order valence-electron chi connectivity index (χ1n) is 7.71. The van der Waals surface area contributed by atoms with Gasteiger partial charge < -0.3 is 4.52 Å². The topological polar surface area (TPSA) is 35.5 Å². The number of allylic oxidation sites excluding steroid dienone is 1. The second-order valence-electron chi connectivity index (χ2n) is 5.19. The second kappa shape index (κ2) is 9.07. The van der Waals surface area contributed by atoms with E-state index in [-0.39, 0.29) is 0 Å². The van der Waals surface area contributed by atoms with E-state index in [2.05, 4.69) is 13.5 Å². The third kappa shape index (κ3) is 6.07. The molecule has 0 aliphatic rings. The maximum Gasteiger partial charge on any atom is 0.410 e. The highest BCUT2D eigenvalue weighted by atomic mass is 31.2. The molecule has 1 aromatic rings. The molecule has 0 saturated heterocycles. The standard InChI is InChI=1S/C17H27O3P/c1-5-7-8-9-10-16(4)20-21(18,19-6-2)17-13-11-15(3)12-14-17/h11-14H,4-10H2,1-3H3. The minimum absolute atomic E-state index is 0.342. The van der Waals surface area contributed by atoms with Gasteiger partial charge in [0, 0.05) is 6.42 Å². The number of unbranched alkanes of at least 4 members (excludes halogenated alkanes) is 3. The fraction of sp³-hybridized carbons (Fsp3) is 0.529. The van der Waals surface area contributed by atoms with Crippen LogP contribution in [-0.2, 0) is 13.6 Å². The molecular weight excluding hydrogens is 283 g/mol.